The van der Waals surface area contributed by atoms with Gasteiger partial charge >= 0.3 is 5.69 Å². The van der Waals surface area contributed by atoms with Gasteiger partial charge in [0, 0.05) is 34.2 Å². The third-order valence-corrected chi connectivity index (χ3v) is 3.66. The van der Waals surface area contributed by atoms with Gasteiger partial charge in [0.05, 0.1) is 6.54 Å². The van der Waals surface area contributed by atoms with Gasteiger partial charge in [-0.25, -0.2) is 4.79 Å². The summed E-state index contributed by atoms with van der Waals surface area (Å²) in [5, 5.41) is 0. The predicted molar refractivity (Wildman–Crippen MR) is 76.7 cm³/mol. The summed E-state index contributed by atoms with van der Waals surface area (Å²) >= 11 is 3.46. The van der Waals surface area contributed by atoms with Gasteiger partial charge in [-0.2, -0.15) is 0 Å². The molecule has 0 amide bonds. The molecule has 5 heteroatoms. The molecule has 96 valence electrons. The van der Waals surface area contributed by atoms with Gasteiger partial charge in [-0.1, -0.05) is 22.0 Å². The first-order valence-corrected chi connectivity index (χ1v) is 6.60. The van der Waals surface area contributed by atoms with E-state index in [1.54, 1.807) is 21.5 Å². The van der Waals surface area contributed by atoms with E-state index in [4.69, 9.17) is 5.73 Å². The second-order valence-electron chi connectivity index (χ2n) is 4.52. The fourth-order valence-electron chi connectivity index (χ4n) is 1.85. The summed E-state index contributed by atoms with van der Waals surface area (Å²) in [6.07, 6.45) is 3.60. The van der Waals surface area contributed by atoms with Gasteiger partial charge in [0.2, 0.25) is 0 Å². The standard InChI is InChI=1S/C13H16BrN3O/c1-9(2)17-7-6-16(13(17)18)8-10-11(14)4-3-5-12(10)15/h3-7,9H,8,15H2,1-2H3. The molecule has 0 radical (unpaired) electrons. The highest BCUT2D eigenvalue weighted by Crippen LogP contribution is 2.23. The molecular formula is C13H16BrN3O. The summed E-state index contributed by atoms with van der Waals surface area (Å²) in [6, 6.07) is 5.81. The van der Waals surface area contributed by atoms with E-state index in [0.29, 0.717) is 12.2 Å². The first kappa shape index (κ1) is 13.0. The van der Waals surface area contributed by atoms with Gasteiger partial charge < -0.3 is 5.73 Å². The number of nitrogens with two attached hydrogens (primary N) is 1. The van der Waals surface area contributed by atoms with Crippen molar-refractivity contribution >= 4 is 21.6 Å². The highest BCUT2D eigenvalue weighted by atomic mass is 79.9. The fourth-order valence-corrected chi connectivity index (χ4v) is 2.36. The molecule has 2 N–H and O–H groups in total. The lowest BCUT2D eigenvalue weighted by Gasteiger charge is -2.09. The van der Waals surface area contributed by atoms with Crippen molar-refractivity contribution < 1.29 is 0 Å². The topological polar surface area (TPSA) is 52.9 Å². The van der Waals surface area contributed by atoms with E-state index in [9.17, 15) is 4.79 Å². The molecular weight excluding hydrogens is 294 g/mol. The summed E-state index contributed by atoms with van der Waals surface area (Å²) in [5.74, 6) is 0. The van der Waals surface area contributed by atoms with Crippen molar-refractivity contribution in [2.45, 2.75) is 26.4 Å². The molecule has 0 aliphatic carbocycles. The van der Waals surface area contributed by atoms with Crippen LogP contribution in [0.1, 0.15) is 25.5 Å². The van der Waals surface area contributed by atoms with Crippen LogP contribution in [0.4, 0.5) is 5.69 Å². The summed E-state index contributed by atoms with van der Waals surface area (Å²) in [6.45, 7) is 4.45. The molecule has 0 saturated heterocycles. The molecule has 0 atom stereocenters. The Morgan fingerprint density at radius 2 is 2.06 bits per heavy atom. The second kappa shape index (κ2) is 5.02. The Hall–Kier alpha value is -1.49. The number of aromatic nitrogens is 2. The minimum atomic E-state index is -0.0137. The molecule has 0 spiro atoms. The number of benzene rings is 1. The highest BCUT2D eigenvalue weighted by molar-refractivity contribution is 9.10. The molecule has 0 aliphatic rings. The molecule has 0 saturated carbocycles. The lowest BCUT2D eigenvalue weighted by Crippen LogP contribution is -2.25. The smallest absolute Gasteiger partial charge is 0.328 e. The molecule has 0 bridgehead atoms. The molecule has 0 fully saturated rings. The van der Waals surface area contributed by atoms with Gasteiger partial charge in [-0.15, -0.1) is 0 Å². The molecule has 1 heterocycles. The Balaban J connectivity index is 2.38. The van der Waals surface area contributed by atoms with Crippen LogP contribution in [0.2, 0.25) is 0 Å². The zero-order chi connectivity index (χ0) is 13.3. The van der Waals surface area contributed by atoms with Crippen molar-refractivity contribution in [2.24, 2.45) is 0 Å². The maximum atomic E-state index is 12.1. The molecule has 2 aromatic rings. The van der Waals surface area contributed by atoms with Crippen molar-refractivity contribution in [3.63, 3.8) is 0 Å². The number of anilines is 1. The van der Waals surface area contributed by atoms with Crippen LogP contribution in [0.15, 0.2) is 39.9 Å². The molecule has 0 unspecified atom stereocenters. The van der Waals surface area contributed by atoms with Crippen molar-refractivity contribution in [1.29, 1.82) is 0 Å². The normalized spacial score (nSPS) is 11.1. The molecule has 1 aromatic carbocycles. The SMILES string of the molecule is CC(C)n1ccn(Cc2c(N)cccc2Br)c1=O. The number of halogens is 1. The van der Waals surface area contributed by atoms with Crippen LogP contribution in [0.25, 0.3) is 0 Å². The number of rotatable bonds is 3. The Kier molecular flexibility index (Phi) is 3.61. The lowest BCUT2D eigenvalue weighted by atomic mass is 10.2. The third-order valence-electron chi connectivity index (χ3n) is 2.91. The van der Waals surface area contributed by atoms with Crippen LogP contribution in [-0.2, 0) is 6.54 Å². The quantitative estimate of drug-likeness (QED) is 0.886. The number of hydrogen-bond acceptors (Lipinski definition) is 2. The van der Waals surface area contributed by atoms with Crippen molar-refractivity contribution in [3.8, 4) is 0 Å². The number of imidazole rings is 1. The van der Waals surface area contributed by atoms with E-state index in [-0.39, 0.29) is 11.7 Å². The first-order valence-electron chi connectivity index (χ1n) is 5.81. The Bertz CT molecular complexity index is 593. The van der Waals surface area contributed by atoms with Crippen molar-refractivity contribution in [3.05, 3.63) is 51.1 Å². The van der Waals surface area contributed by atoms with Crippen LogP contribution < -0.4 is 11.4 Å². The maximum absolute atomic E-state index is 12.1. The second-order valence-corrected chi connectivity index (χ2v) is 5.37. The third kappa shape index (κ3) is 2.36. The molecule has 1 aromatic heterocycles. The minimum Gasteiger partial charge on any atom is -0.398 e. The van der Waals surface area contributed by atoms with E-state index >= 15 is 0 Å². The van der Waals surface area contributed by atoms with Crippen LogP contribution in [0.5, 0.6) is 0 Å². The monoisotopic (exact) mass is 309 g/mol. The number of nitrogen functional groups attached to an aromatic ring is 1. The van der Waals surface area contributed by atoms with Crippen LogP contribution in [-0.4, -0.2) is 9.13 Å². The Morgan fingerprint density at radius 1 is 1.33 bits per heavy atom. The number of hydrogen-bond donors (Lipinski definition) is 1. The highest BCUT2D eigenvalue weighted by Gasteiger charge is 2.09. The number of nitrogens with zero attached hydrogens (tertiary/aromatic N) is 2. The van der Waals surface area contributed by atoms with Gasteiger partial charge in [0.15, 0.2) is 0 Å². The summed E-state index contributed by atoms with van der Waals surface area (Å²) in [7, 11) is 0. The van der Waals surface area contributed by atoms with E-state index in [2.05, 4.69) is 15.9 Å². The summed E-state index contributed by atoms with van der Waals surface area (Å²) in [4.78, 5) is 12.1. The molecule has 18 heavy (non-hydrogen) atoms. The minimum absolute atomic E-state index is 0.0137. The average molecular weight is 310 g/mol. The maximum Gasteiger partial charge on any atom is 0.328 e. The van der Waals surface area contributed by atoms with E-state index < -0.39 is 0 Å². The van der Waals surface area contributed by atoms with Gasteiger partial charge in [0.1, 0.15) is 0 Å². The lowest BCUT2D eigenvalue weighted by molar-refractivity contribution is 0.561. The van der Waals surface area contributed by atoms with Crippen LogP contribution >= 0.6 is 15.9 Å². The van der Waals surface area contributed by atoms with Crippen LogP contribution in [0, 0.1) is 0 Å². The van der Waals surface area contributed by atoms with Gasteiger partial charge in [-0.3, -0.25) is 9.13 Å². The summed E-state index contributed by atoms with van der Waals surface area (Å²) < 4.78 is 4.29. The molecule has 2 rings (SSSR count). The van der Waals surface area contributed by atoms with Crippen molar-refractivity contribution in [1.82, 2.24) is 9.13 Å². The van der Waals surface area contributed by atoms with Gasteiger partial charge in [-0.05, 0) is 26.0 Å². The van der Waals surface area contributed by atoms with E-state index in [1.165, 1.54) is 0 Å². The Morgan fingerprint density at radius 3 is 2.61 bits per heavy atom. The predicted octanol–water partition coefficient (Wildman–Crippen LogP) is 2.62. The first-order chi connectivity index (χ1) is 8.50. The largest absolute Gasteiger partial charge is 0.398 e. The molecule has 4 nitrogen and oxygen atoms in total. The average Bonchev–Trinajstić information content (AvgIpc) is 2.66. The van der Waals surface area contributed by atoms with E-state index in [1.807, 2.05) is 32.0 Å². The van der Waals surface area contributed by atoms with Gasteiger partial charge in [0.25, 0.3) is 0 Å². The van der Waals surface area contributed by atoms with Crippen molar-refractivity contribution in [2.75, 3.05) is 5.73 Å². The molecule has 0 aliphatic heterocycles. The zero-order valence-corrected chi connectivity index (χ0v) is 12.0. The summed E-state index contributed by atoms with van der Waals surface area (Å²) in [5.41, 5.74) is 7.54. The Labute approximate surface area is 114 Å². The van der Waals surface area contributed by atoms with Crippen LogP contribution in [0.3, 0.4) is 0 Å². The fraction of sp³-hybridized carbons (Fsp3) is 0.308. The van der Waals surface area contributed by atoms with E-state index in [0.717, 1.165) is 10.0 Å². The zero-order valence-electron chi connectivity index (χ0n) is 10.4.